The van der Waals surface area contributed by atoms with E-state index >= 15 is 0 Å². The van der Waals surface area contributed by atoms with Crippen LogP contribution in [0.1, 0.15) is 56.9 Å². The number of likely N-dealkylation sites (tertiary alicyclic amines) is 1. The van der Waals surface area contributed by atoms with Gasteiger partial charge in [-0.3, -0.25) is 9.69 Å². The van der Waals surface area contributed by atoms with Gasteiger partial charge >= 0.3 is 0 Å². The lowest BCUT2D eigenvalue weighted by molar-refractivity contribution is -0.124. The van der Waals surface area contributed by atoms with Gasteiger partial charge in [-0.2, -0.15) is 0 Å². The van der Waals surface area contributed by atoms with Gasteiger partial charge in [0.05, 0.1) is 0 Å². The Hall–Kier alpha value is -2.33. The first kappa shape index (κ1) is 21.9. The second-order valence-corrected chi connectivity index (χ2v) is 9.23. The van der Waals surface area contributed by atoms with Gasteiger partial charge in [-0.15, -0.1) is 0 Å². The highest BCUT2D eigenvalue weighted by Crippen LogP contribution is 2.38. The van der Waals surface area contributed by atoms with Crippen LogP contribution in [0.4, 0.5) is 0 Å². The fraction of sp³-hybridized carbons (Fsp3) is 0.519. The minimum atomic E-state index is -0.0146. The van der Waals surface area contributed by atoms with E-state index in [-0.39, 0.29) is 24.1 Å². The minimum Gasteiger partial charge on any atom is -0.484 e. The molecular formula is C27H36N2O2. The van der Waals surface area contributed by atoms with Crippen LogP contribution in [-0.4, -0.2) is 42.1 Å². The molecule has 0 bridgehead atoms. The number of ether oxygens (including phenoxy) is 1. The van der Waals surface area contributed by atoms with E-state index in [1.165, 1.54) is 44.3 Å². The van der Waals surface area contributed by atoms with Crippen molar-refractivity contribution in [3.05, 3.63) is 66.2 Å². The van der Waals surface area contributed by atoms with E-state index in [2.05, 4.69) is 40.5 Å². The predicted molar refractivity (Wildman–Crippen MR) is 125 cm³/mol. The van der Waals surface area contributed by atoms with Crippen LogP contribution in [-0.2, 0) is 11.2 Å². The third-order valence-corrected chi connectivity index (χ3v) is 7.05. The van der Waals surface area contributed by atoms with Crippen LogP contribution in [0.5, 0.6) is 5.75 Å². The first-order chi connectivity index (χ1) is 15.2. The summed E-state index contributed by atoms with van der Waals surface area (Å²) in [5.41, 5.74) is 1.67. The highest BCUT2D eigenvalue weighted by atomic mass is 16.5. The average molecular weight is 421 g/mol. The summed E-state index contributed by atoms with van der Waals surface area (Å²) in [6.45, 7) is 2.52. The van der Waals surface area contributed by atoms with Crippen LogP contribution < -0.4 is 10.1 Å². The normalized spacial score (nSPS) is 24.8. The van der Waals surface area contributed by atoms with E-state index in [1.807, 2.05) is 30.3 Å². The average Bonchev–Trinajstić information content (AvgIpc) is 3.11. The molecule has 0 atom stereocenters. The molecule has 0 radical (unpaired) electrons. The second-order valence-electron chi connectivity index (χ2n) is 9.23. The van der Waals surface area contributed by atoms with Crippen molar-refractivity contribution in [2.45, 2.75) is 69.4 Å². The Kier molecular flexibility index (Phi) is 7.63. The molecule has 0 aromatic heterocycles. The first-order valence-electron chi connectivity index (χ1n) is 12.0. The summed E-state index contributed by atoms with van der Waals surface area (Å²) in [7, 11) is 0. The van der Waals surface area contributed by atoms with Gasteiger partial charge in [0.15, 0.2) is 6.61 Å². The zero-order valence-electron chi connectivity index (χ0n) is 18.6. The van der Waals surface area contributed by atoms with Crippen LogP contribution in [0.15, 0.2) is 60.7 Å². The maximum Gasteiger partial charge on any atom is 0.258 e. The molecular weight excluding hydrogens is 384 g/mol. The molecule has 166 valence electrons. The lowest BCUT2D eigenvalue weighted by atomic mass is 9.74. The molecule has 4 heteroatoms. The number of para-hydroxylation sites is 1. The van der Waals surface area contributed by atoms with Crippen molar-refractivity contribution in [2.75, 3.05) is 19.7 Å². The van der Waals surface area contributed by atoms with Crippen molar-refractivity contribution >= 4 is 5.91 Å². The number of nitrogens with one attached hydrogen (secondary N) is 1. The fourth-order valence-corrected chi connectivity index (χ4v) is 5.36. The molecule has 2 fully saturated rings. The maximum absolute atomic E-state index is 12.4. The molecule has 1 heterocycles. The molecule has 0 spiro atoms. The second kappa shape index (κ2) is 10.8. The van der Waals surface area contributed by atoms with E-state index in [0.29, 0.717) is 0 Å². The van der Waals surface area contributed by atoms with Gasteiger partial charge in [-0.05, 0) is 75.7 Å². The summed E-state index contributed by atoms with van der Waals surface area (Å²) in [5, 5.41) is 3.22. The summed E-state index contributed by atoms with van der Waals surface area (Å²) in [6, 6.07) is 20.8. The van der Waals surface area contributed by atoms with Gasteiger partial charge in [-0.25, -0.2) is 0 Å². The SMILES string of the molecule is O=C(COc1ccccc1)NC1CCC(Cc2ccccc2)(N2CCCCCC2)CC1. The van der Waals surface area contributed by atoms with E-state index in [4.69, 9.17) is 4.74 Å². The van der Waals surface area contributed by atoms with Crippen molar-refractivity contribution in [3.8, 4) is 5.75 Å². The maximum atomic E-state index is 12.4. The zero-order chi connectivity index (χ0) is 21.4. The van der Waals surface area contributed by atoms with Gasteiger partial charge in [0.25, 0.3) is 5.91 Å². The molecule has 2 aromatic carbocycles. The lowest BCUT2D eigenvalue weighted by Gasteiger charge is -2.48. The molecule has 2 aliphatic rings. The molecule has 1 saturated carbocycles. The molecule has 1 amide bonds. The Morgan fingerprint density at radius 3 is 2.16 bits per heavy atom. The highest BCUT2D eigenvalue weighted by Gasteiger charge is 2.40. The van der Waals surface area contributed by atoms with Gasteiger partial charge in [0.1, 0.15) is 5.75 Å². The summed E-state index contributed by atoms with van der Waals surface area (Å²) in [5.74, 6) is 0.725. The number of rotatable bonds is 7. The Morgan fingerprint density at radius 1 is 0.903 bits per heavy atom. The number of carbonyl (C=O) groups is 1. The molecule has 1 N–H and O–H groups in total. The molecule has 31 heavy (non-hydrogen) atoms. The Bertz CT molecular complexity index is 793. The minimum absolute atomic E-state index is 0.0146. The smallest absolute Gasteiger partial charge is 0.258 e. The highest BCUT2D eigenvalue weighted by molar-refractivity contribution is 5.77. The largest absolute Gasteiger partial charge is 0.484 e. The van der Waals surface area contributed by atoms with Crippen molar-refractivity contribution in [2.24, 2.45) is 0 Å². The molecule has 0 unspecified atom stereocenters. The van der Waals surface area contributed by atoms with Crippen molar-refractivity contribution in [1.82, 2.24) is 10.2 Å². The molecule has 2 aromatic rings. The third-order valence-electron chi connectivity index (χ3n) is 7.05. The third kappa shape index (κ3) is 6.10. The molecule has 1 aliphatic heterocycles. The quantitative estimate of drug-likeness (QED) is 0.687. The lowest BCUT2D eigenvalue weighted by Crippen LogP contribution is -2.55. The van der Waals surface area contributed by atoms with Crippen LogP contribution in [0.2, 0.25) is 0 Å². The topological polar surface area (TPSA) is 41.6 Å². The van der Waals surface area contributed by atoms with E-state index < -0.39 is 0 Å². The standard InChI is InChI=1S/C27H36N2O2/c30-26(22-31-25-13-7-4-8-14-25)28-24-15-17-27(18-16-24,21-23-11-5-3-6-12-23)29-19-9-1-2-10-20-29/h3-8,11-14,24H,1-2,9-10,15-22H2,(H,28,30). The first-order valence-corrected chi connectivity index (χ1v) is 12.0. The van der Waals surface area contributed by atoms with Crippen molar-refractivity contribution in [3.63, 3.8) is 0 Å². The number of amides is 1. The molecule has 4 rings (SSSR count). The van der Waals surface area contributed by atoms with Gasteiger partial charge < -0.3 is 10.1 Å². The Balaban J connectivity index is 1.35. The number of carbonyl (C=O) groups excluding carboxylic acids is 1. The van der Waals surface area contributed by atoms with E-state index in [0.717, 1.165) is 37.9 Å². The number of hydrogen-bond acceptors (Lipinski definition) is 3. The Labute approximate surface area is 187 Å². The van der Waals surface area contributed by atoms with Crippen LogP contribution in [0, 0.1) is 0 Å². The number of nitrogens with zero attached hydrogens (tertiary/aromatic N) is 1. The van der Waals surface area contributed by atoms with Gasteiger partial charge in [-0.1, -0.05) is 61.4 Å². The van der Waals surface area contributed by atoms with Gasteiger partial charge in [0.2, 0.25) is 0 Å². The molecule has 1 aliphatic carbocycles. The Morgan fingerprint density at radius 2 is 1.52 bits per heavy atom. The number of hydrogen-bond donors (Lipinski definition) is 1. The molecule has 4 nitrogen and oxygen atoms in total. The monoisotopic (exact) mass is 420 g/mol. The summed E-state index contributed by atoms with van der Waals surface area (Å²) in [4.78, 5) is 15.2. The summed E-state index contributed by atoms with van der Waals surface area (Å²) in [6.07, 6.45) is 10.8. The number of benzene rings is 2. The summed E-state index contributed by atoms with van der Waals surface area (Å²) < 4.78 is 5.62. The van der Waals surface area contributed by atoms with Gasteiger partial charge in [0, 0.05) is 11.6 Å². The molecule has 1 saturated heterocycles. The summed E-state index contributed by atoms with van der Waals surface area (Å²) >= 11 is 0. The van der Waals surface area contributed by atoms with E-state index in [9.17, 15) is 4.79 Å². The predicted octanol–water partition coefficient (Wildman–Crippen LogP) is 4.98. The van der Waals surface area contributed by atoms with Crippen LogP contribution in [0.3, 0.4) is 0 Å². The van der Waals surface area contributed by atoms with E-state index in [1.54, 1.807) is 0 Å². The van der Waals surface area contributed by atoms with Crippen LogP contribution >= 0.6 is 0 Å². The fourth-order valence-electron chi connectivity index (χ4n) is 5.36. The van der Waals surface area contributed by atoms with Crippen LogP contribution in [0.25, 0.3) is 0 Å². The van der Waals surface area contributed by atoms with Crippen molar-refractivity contribution in [1.29, 1.82) is 0 Å². The van der Waals surface area contributed by atoms with Crippen molar-refractivity contribution < 1.29 is 9.53 Å². The zero-order valence-corrected chi connectivity index (χ0v) is 18.6.